The van der Waals surface area contributed by atoms with Gasteiger partial charge in [0.15, 0.2) is 0 Å². The Labute approximate surface area is 115 Å². The molecule has 0 aliphatic rings. The van der Waals surface area contributed by atoms with Gasteiger partial charge >= 0.3 is 6.03 Å². The molecule has 2 heterocycles. The van der Waals surface area contributed by atoms with Crippen molar-refractivity contribution in [3.63, 3.8) is 0 Å². The van der Waals surface area contributed by atoms with E-state index in [-0.39, 0.29) is 0 Å². The molecule has 0 aromatic carbocycles. The topological polar surface area (TPSA) is 96.3 Å². The smallest absolute Gasteiger partial charge is 0.337 e. The third kappa shape index (κ3) is 3.35. The highest BCUT2D eigenvalue weighted by molar-refractivity contribution is 5.97. The summed E-state index contributed by atoms with van der Waals surface area (Å²) < 4.78 is 5.24. The molecule has 0 fully saturated rings. The fourth-order valence-electron chi connectivity index (χ4n) is 1.64. The van der Waals surface area contributed by atoms with Gasteiger partial charge in [0.1, 0.15) is 11.5 Å². The first-order valence-corrected chi connectivity index (χ1v) is 5.90. The predicted octanol–water partition coefficient (Wildman–Crippen LogP) is 1.76. The lowest BCUT2D eigenvalue weighted by Gasteiger charge is -2.08. The number of anilines is 1. The van der Waals surface area contributed by atoms with Crippen molar-refractivity contribution in [2.24, 2.45) is 0 Å². The lowest BCUT2D eigenvalue weighted by molar-refractivity contribution is 0.0936. The van der Waals surface area contributed by atoms with Crippen molar-refractivity contribution in [1.29, 1.82) is 0 Å². The third-order valence-corrected chi connectivity index (χ3v) is 2.49. The molecule has 0 aliphatic heterocycles. The first-order chi connectivity index (χ1) is 9.56. The zero-order valence-electron chi connectivity index (χ0n) is 11.1. The van der Waals surface area contributed by atoms with E-state index in [0.29, 0.717) is 22.8 Å². The molecule has 2 aromatic rings. The summed E-state index contributed by atoms with van der Waals surface area (Å²) in [7, 11) is 0. The highest BCUT2D eigenvalue weighted by Crippen LogP contribution is 2.12. The molecule has 0 bridgehead atoms. The van der Waals surface area contributed by atoms with Crippen LogP contribution in [-0.4, -0.2) is 16.9 Å². The van der Waals surface area contributed by atoms with Gasteiger partial charge in [0.05, 0.1) is 17.4 Å². The molecule has 0 spiro atoms. The van der Waals surface area contributed by atoms with Crippen molar-refractivity contribution < 1.29 is 14.0 Å². The number of nitrogens with zero attached hydrogens (tertiary/aromatic N) is 1. The van der Waals surface area contributed by atoms with Crippen LogP contribution >= 0.6 is 0 Å². The SMILES string of the molecule is Cc1cc(C(=O)NNC(=O)Nc2cccnc2)c(C)o1. The predicted molar refractivity (Wildman–Crippen MR) is 72.0 cm³/mol. The molecular weight excluding hydrogens is 260 g/mol. The van der Waals surface area contributed by atoms with Crippen LogP contribution in [0.1, 0.15) is 21.9 Å². The van der Waals surface area contributed by atoms with Crippen LogP contribution in [0.3, 0.4) is 0 Å². The average molecular weight is 274 g/mol. The Balaban J connectivity index is 1.87. The second kappa shape index (κ2) is 5.87. The molecule has 20 heavy (non-hydrogen) atoms. The van der Waals surface area contributed by atoms with Crippen molar-refractivity contribution in [2.45, 2.75) is 13.8 Å². The van der Waals surface area contributed by atoms with Crippen molar-refractivity contribution >= 4 is 17.6 Å². The quantitative estimate of drug-likeness (QED) is 0.727. The molecule has 0 radical (unpaired) electrons. The fourth-order valence-corrected chi connectivity index (χ4v) is 1.64. The number of carbonyl (C=O) groups is 2. The zero-order chi connectivity index (χ0) is 14.5. The first-order valence-electron chi connectivity index (χ1n) is 5.90. The van der Waals surface area contributed by atoms with Gasteiger partial charge in [-0.05, 0) is 32.0 Å². The Hall–Kier alpha value is -2.83. The van der Waals surface area contributed by atoms with E-state index >= 15 is 0 Å². The first kappa shape index (κ1) is 13.6. The van der Waals surface area contributed by atoms with E-state index < -0.39 is 11.9 Å². The summed E-state index contributed by atoms with van der Waals surface area (Å²) in [6.45, 7) is 3.42. The Morgan fingerprint density at radius 3 is 2.65 bits per heavy atom. The number of carbonyl (C=O) groups excluding carboxylic acids is 2. The average Bonchev–Trinajstić information content (AvgIpc) is 2.76. The van der Waals surface area contributed by atoms with Crippen molar-refractivity contribution in [2.75, 3.05) is 5.32 Å². The molecule has 0 unspecified atom stereocenters. The summed E-state index contributed by atoms with van der Waals surface area (Å²) in [6.07, 6.45) is 3.08. The van der Waals surface area contributed by atoms with Crippen molar-refractivity contribution in [3.8, 4) is 0 Å². The molecule has 2 aromatic heterocycles. The number of aryl methyl sites for hydroxylation is 2. The van der Waals surface area contributed by atoms with Gasteiger partial charge in [-0.15, -0.1) is 0 Å². The minimum atomic E-state index is -0.566. The van der Waals surface area contributed by atoms with Gasteiger partial charge < -0.3 is 9.73 Å². The van der Waals surface area contributed by atoms with E-state index in [0.717, 1.165) is 0 Å². The molecule has 3 amide bonds. The van der Waals surface area contributed by atoms with Crippen LogP contribution in [0.2, 0.25) is 0 Å². The summed E-state index contributed by atoms with van der Waals surface area (Å²) in [6, 6.07) is 4.40. The molecule has 0 saturated carbocycles. The Morgan fingerprint density at radius 1 is 1.25 bits per heavy atom. The maximum absolute atomic E-state index is 11.8. The van der Waals surface area contributed by atoms with Crippen LogP contribution in [0, 0.1) is 13.8 Å². The molecule has 2 rings (SSSR count). The van der Waals surface area contributed by atoms with Gasteiger partial charge in [0.25, 0.3) is 5.91 Å². The van der Waals surface area contributed by atoms with Crippen LogP contribution in [0.5, 0.6) is 0 Å². The normalized spacial score (nSPS) is 9.90. The lowest BCUT2D eigenvalue weighted by atomic mass is 10.2. The Morgan fingerprint density at radius 2 is 2.05 bits per heavy atom. The number of nitrogens with one attached hydrogen (secondary N) is 3. The van der Waals surface area contributed by atoms with Gasteiger partial charge in [-0.25, -0.2) is 10.2 Å². The van der Waals surface area contributed by atoms with Crippen molar-refractivity contribution in [3.05, 3.63) is 47.7 Å². The fraction of sp³-hybridized carbons (Fsp3) is 0.154. The summed E-state index contributed by atoms with van der Waals surface area (Å²) in [5.74, 6) is 0.683. The number of aromatic nitrogens is 1. The van der Waals surface area contributed by atoms with Gasteiger partial charge in [-0.1, -0.05) is 0 Å². The number of pyridine rings is 1. The lowest BCUT2D eigenvalue weighted by Crippen LogP contribution is -2.44. The molecule has 0 atom stereocenters. The summed E-state index contributed by atoms with van der Waals surface area (Å²) in [5, 5.41) is 2.52. The maximum atomic E-state index is 11.8. The van der Waals surface area contributed by atoms with Crippen LogP contribution in [0.15, 0.2) is 35.0 Å². The van der Waals surface area contributed by atoms with E-state index in [1.807, 2.05) is 0 Å². The third-order valence-electron chi connectivity index (χ3n) is 2.49. The van der Waals surface area contributed by atoms with E-state index in [9.17, 15) is 9.59 Å². The largest absolute Gasteiger partial charge is 0.466 e. The number of hydrogen-bond donors (Lipinski definition) is 3. The van der Waals surface area contributed by atoms with Crippen LogP contribution in [0.4, 0.5) is 10.5 Å². The monoisotopic (exact) mass is 274 g/mol. The molecule has 7 nitrogen and oxygen atoms in total. The molecule has 0 saturated heterocycles. The van der Waals surface area contributed by atoms with Crippen molar-refractivity contribution in [1.82, 2.24) is 15.8 Å². The van der Waals surface area contributed by atoms with Gasteiger partial charge in [0.2, 0.25) is 0 Å². The van der Waals surface area contributed by atoms with E-state index in [1.165, 1.54) is 6.20 Å². The minimum Gasteiger partial charge on any atom is -0.466 e. The number of amides is 3. The van der Waals surface area contributed by atoms with Crippen LogP contribution in [-0.2, 0) is 0 Å². The number of rotatable bonds is 2. The molecule has 104 valence electrons. The number of furan rings is 1. The second-order valence-corrected chi connectivity index (χ2v) is 4.10. The second-order valence-electron chi connectivity index (χ2n) is 4.10. The summed E-state index contributed by atoms with van der Waals surface area (Å²) in [5.41, 5.74) is 5.44. The van der Waals surface area contributed by atoms with Gasteiger partial charge in [-0.2, -0.15) is 0 Å². The number of hydrogen-bond acceptors (Lipinski definition) is 4. The van der Waals surface area contributed by atoms with Crippen LogP contribution < -0.4 is 16.2 Å². The summed E-state index contributed by atoms with van der Waals surface area (Å²) >= 11 is 0. The zero-order valence-corrected chi connectivity index (χ0v) is 11.1. The highest BCUT2D eigenvalue weighted by atomic mass is 16.3. The molecule has 3 N–H and O–H groups in total. The Kier molecular flexibility index (Phi) is 3.99. The van der Waals surface area contributed by atoms with E-state index in [1.54, 1.807) is 38.2 Å². The molecule has 0 aliphatic carbocycles. The number of urea groups is 1. The highest BCUT2D eigenvalue weighted by Gasteiger charge is 2.13. The molecular formula is C13H14N4O3. The summed E-state index contributed by atoms with van der Waals surface area (Å²) in [4.78, 5) is 27.2. The van der Waals surface area contributed by atoms with E-state index in [2.05, 4.69) is 21.2 Å². The van der Waals surface area contributed by atoms with E-state index in [4.69, 9.17) is 4.42 Å². The number of hydrazine groups is 1. The maximum Gasteiger partial charge on any atom is 0.337 e. The Bertz CT molecular complexity index is 622. The van der Waals surface area contributed by atoms with Gasteiger partial charge in [0, 0.05) is 6.20 Å². The standard InChI is InChI=1S/C13H14N4O3/c1-8-6-11(9(2)20-8)12(18)16-17-13(19)15-10-4-3-5-14-7-10/h3-7H,1-2H3,(H,16,18)(H2,15,17,19). The van der Waals surface area contributed by atoms with Gasteiger partial charge in [-0.3, -0.25) is 15.2 Å². The minimum absolute atomic E-state index is 0.379. The van der Waals surface area contributed by atoms with Crippen LogP contribution in [0.25, 0.3) is 0 Å². The molecule has 7 heteroatoms.